The predicted octanol–water partition coefficient (Wildman–Crippen LogP) is 1.11. The highest BCUT2D eigenvalue weighted by Gasteiger charge is 2.17. The fraction of sp³-hybridized carbons (Fsp3) is 0.300. The van der Waals surface area contributed by atoms with E-state index in [-0.39, 0.29) is 5.82 Å². The van der Waals surface area contributed by atoms with Gasteiger partial charge in [0.1, 0.15) is 6.07 Å². The van der Waals surface area contributed by atoms with Gasteiger partial charge < -0.3 is 0 Å². The van der Waals surface area contributed by atoms with E-state index in [1.165, 1.54) is 12.8 Å². The fourth-order valence-electron chi connectivity index (χ4n) is 0.863. The van der Waals surface area contributed by atoms with Gasteiger partial charge in [-0.25, -0.2) is 9.97 Å². The van der Waals surface area contributed by atoms with E-state index in [0.29, 0.717) is 5.92 Å². The molecule has 1 aliphatic carbocycles. The second-order valence-corrected chi connectivity index (χ2v) is 2.95. The van der Waals surface area contributed by atoms with Gasteiger partial charge in [0.15, 0.2) is 0 Å². The van der Waals surface area contributed by atoms with Crippen molar-refractivity contribution in [1.29, 1.82) is 5.26 Å². The molecule has 0 saturated heterocycles. The molecule has 0 unspecified atom stereocenters. The lowest BCUT2D eigenvalue weighted by Crippen LogP contribution is -1.88. The molecule has 3 nitrogen and oxygen atoms in total. The first-order valence-corrected chi connectivity index (χ1v) is 4.12. The maximum Gasteiger partial charge on any atom is 0.232 e. The zero-order chi connectivity index (χ0) is 9.10. The summed E-state index contributed by atoms with van der Waals surface area (Å²) in [5, 5.41) is 8.45. The lowest BCUT2D eigenvalue weighted by atomic mass is 10.3. The molecule has 62 valence electrons. The summed E-state index contributed by atoms with van der Waals surface area (Å²) in [4.78, 5) is 7.64. The summed E-state index contributed by atoms with van der Waals surface area (Å²) in [6.07, 6.45) is 5.59. The summed E-state index contributed by atoms with van der Waals surface area (Å²) in [6, 6.07) is 1.86. The molecule has 0 N–H and O–H groups in total. The highest BCUT2D eigenvalue weighted by molar-refractivity contribution is 5.32. The van der Waals surface area contributed by atoms with E-state index in [1.54, 1.807) is 12.4 Å². The molecule has 1 heterocycles. The Kier molecular flexibility index (Phi) is 1.94. The van der Waals surface area contributed by atoms with E-state index in [9.17, 15) is 0 Å². The van der Waals surface area contributed by atoms with Crippen molar-refractivity contribution in [3.05, 3.63) is 23.8 Å². The van der Waals surface area contributed by atoms with Crippen molar-refractivity contribution in [3.8, 4) is 17.9 Å². The Bertz CT molecular complexity index is 399. The maximum absolute atomic E-state index is 8.45. The minimum Gasteiger partial charge on any atom is -0.226 e. The summed E-state index contributed by atoms with van der Waals surface area (Å²) in [6.45, 7) is 0. The number of aromatic nitrogens is 2. The van der Waals surface area contributed by atoms with Crippen molar-refractivity contribution in [2.75, 3.05) is 0 Å². The van der Waals surface area contributed by atoms with E-state index >= 15 is 0 Å². The van der Waals surface area contributed by atoms with E-state index in [4.69, 9.17) is 5.26 Å². The second kappa shape index (κ2) is 3.25. The predicted molar refractivity (Wildman–Crippen MR) is 46.3 cm³/mol. The quantitative estimate of drug-likeness (QED) is 0.546. The summed E-state index contributed by atoms with van der Waals surface area (Å²) in [7, 11) is 0. The van der Waals surface area contributed by atoms with Crippen LogP contribution in [-0.2, 0) is 0 Å². The average molecular weight is 169 g/mol. The van der Waals surface area contributed by atoms with Gasteiger partial charge in [0.05, 0.1) is 5.56 Å². The summed E-state index contributed by atoms with van der Waals surface area (Å²) in [5.41, 5.74) is 0.783. The van der Waals surface area contributed by atoms with Gasteiger partial charge in [-0.05, 0) is 12.8 Å². The van der Waals surface area contributed by atoms with E-state index in [2.05, 4.69) is 21.8 Å². The third-order valence-corrected chi connectivity index (χ3v) is 1.75. The topological polar surface area (TPSA) is 49.6 Å². The van der Waals surface area contributed by atoms with Crippen LogP contribution in [0.2, 0.25) is 0 Å². The molecule has 0 atom stereocenters. The maximum atomic E-state index is 8.45. The smallest absolute Gasteiger partial charge is 0.226 e. The van der Waals surface area contributed by atoms with Gasteiger partial charge in [0.2, 0.25) is 5.82 Å². The molecule has 13 heavy (non-hydrogen) atoms. The first kappa shape index (κ1) is 7.76. The third-order valence-electron chi connectivity index (χ3n) is 1.75. The van der Waals surface area contributed by atoms with Crippen LogP contribution in [0, 0.1) is 29.1 Å². The third kappa shape index (κ3) is 2.04. The molecular weight excluding hydrogens is 162 g/mol. The van der Waals surface area contributed by atoms with Crippen molar-refractivity contribution < 1.29 is 0 Å². The van der Waals surface area contributed by atoms with Crippen molar-refractivity contribution in [2.24, 2.45) is 5.92 Å². The highest BCUT2D eigenvalue weighted by atomic mass is 14.9. The van der Waals surface area contributed by atoms with Gasteiger partial charge in [0.25, 0.3) is 0 Å². The van der Waals surface area contributed by atoms with E-state index < -0.39 is 0 Å². The molecule has 0 amide bonds. The fourth-order valence-corrected chi connectivity index (χ4v) is 0.863. The zero-order valence-corrected chi connectivity index (χ0v) is 6.99. The largest absolute Gasteiger partial charge is 0.232 e. The highest BCUT2D eigenvalue weighted by Crippen LogP contribution is 2.27. The van der Waals surface area contributed by atoms with Crippen molar-refractivity contribution >= 4 is 0 Å². The van der Waals surface area contributed by atoms with Crippen LogP contribution < -0.4 is 0 Å². The Hall–Kier alpha value is -1.87. The van der Waals surface area contributed by atoms with Crippen molar-refractivity contribution in [1.82, 2.24) is 9.97 Å². The van der Waals surface area contributed by atoms with Crippen LogP contribution >= 0.6 is 0 Å². The minimum absolute atomic E-state index is 0.192. The van der Waals surface area contributed by atoms with Crippen molar-refractivity contribution in [2.45, 2.75) is 12.8 Å². The monoisotopic (exact) mass is 169 g/mol. The average Bonchev–Trinajstić information content (AvgIpc) is 2.99. The number of rotatable bonds is 0. The standard InChI is InChI=1S/C10H7N3/c11-5-10-12-6-9(7-13-10)4-3-8-1-2-8/h6-8H,1-2H2. The van der Waals surface area contributed by atoms with Gasteiger partial charge in [-0.2, -0.15) is 5.26 Å². The first-order chi connectivity index (χ1) is 6.38. The molecular formula is C10H7N3. The summed E-state index contributed by atoms with van der Waals surface area (Å²) >= 11 is 0. The Morgan fingerprint density at radius 3 is 2.54 bits per heavy atom. The Labute approximate surface area is 76.4 Å². The van der Waals surface area contributed by atoms with Gasteiger partial charge in [-0.3, -0.25) is 0 Å². The Morgan fingerprint density at radius 2 is 2.00 bits per heavy atom. The molecule has 1 saturated carbocycles. The van der Waals surface area contributed by atoms with Crippen molar-refractivity contribution in [3.63, 3.8) is 0 Å². The second-order valence-electron chi connectivity index (χ2n) is 2.95. The van der Waals surface area contributed by atoms with Crippen LogP contribution in [0.1, 0.15) is 24.2 Å². The van der Waals surface area contributed by atoms with E-state index in [1.807, 2.05) is 6.07 Å². The molecule has 1 fully saturated rings. The number of hydrogen-bond donors (Lipinski definition) is 0. The van der Waals surface area contributed by atoms with Crippen LogP contribution in [0.5, 0.6) is 0 Å². The van der Waals surface area contributed by atoms with Crippen LogP contribution in [0.25, 0.3) is 0 Å². The summed E-state index contributed by atoms with van der Waals surface area (Å²) in [5.74, 6) is 6.84. The first-order valence-electron chi connectivity index (χ1n) is 4.12. The molecule has 1 aliphatic rings. The lowest BCUT2D eigenvalue weighted by molar-refractivity contribution is 1.10. The number of nitriles is 1. The molecule has 0 spiro atoms. The SMILES string of the molecule is N#Cc1ncc(C#CC2CC2)cn1. The number of nitrogens with zero attached hydrogens (tertiary/aromatic N) is 3. The number of hydrogen-bond acceptors (Lipinski definition) is 3. The molecule has 1 aromatic rings. The Balaban J connectivity index is 2.15. The molecule has 0 radical (unpaired) electrons. The molecule has 0 aliphatic heterocycles. The molecule has 1 aromatic heterocycles. The Morgan fingerprint density at radius 1 is 1.31 bits per heavy atom. The molecule has 0 bridgehead atoms. The molecule has 3 heteroatoms. The van der Waals surface area contributed by atoms with Gasteiger partial charge >= 0.3 is 0 Å². The van der Waals surface area contributed by atoms with Crippen LogP contribution in [0.4, 0.5) is 0 Å². The molecule has 0 aromatic carbocycles. The van der Waals surface area contributed by atoms with Gasteiger partial charge in [0, 0.05) is 18.3 Å². The van der Waals surface area contributed by atoms with Crippen LogP contribution in [-0.4, -0.2) is 9.97 Å². The minimum atomic E-state index is 0.192. The summed E-state index contributed by atoms with van der Waals surface area (Å²) < 4.78 is 0. The van der Waals surface area contributed by atoms with E-state index in [0.717, 1.165) is 5.56 Å². The van der Waals surface area contributed by atoms with Crippen LogP contribution in [0.15, 0.2) is 12.4 Å². The lowest BCUT2D eigenvalue weighted by Gasteiger charge is -1.87. The van der Waals surface area contributed by atoms with Crippen LogP contribution in [0.3, 0.4) is 0 Å². The van der Waals surface area contributed by atoms with Gasteiger partial charge in [-0.15, -0.1) is 0 Å². The molecule has 2 rings (SSSR count). The normalized spacial score (nSPS) is 14.1. The zero-order valence-electron chi connectivity index (χ0n) is 6.99. The van der Waals surface area contributed by atoms with Gasteiger partial charge in [-0.1, -0.05) is 11.8 Å².